The van der Waals surface area contributed by atoms with E-state index in [9.17, 15) is 8.78 Å². The van der Waals surface area contributed by atoms with Gasteiger partial charge in [0, 0.05) is 12.1 Å². The molecule has 3 nitrogen and oxygen atoms in total. The van der Waals surface area contributed by atoms with Crippen LogP contribution in [0.2, 0.25) is 0 Å². The summed E-state index contributed by atoms with van der Waals surface area (Å²) in [4.78, 5) is 0. The van der Waals surface area contributed by atoms with E-state index in [1.807, 2.05) is 0 Å². The van der Waals surface area contributed by atoms with E-state index in [1.165, 1.54) is 19.2 Å². The minimum atomic E-state index is -0.662. The average molecular weight is 266 g/mol. The molecule has 0 spiro atoms. The summed E-state index contributed by atoms with van der Waals surface area (Å²) < 4.78 is 37.4. The quantitative estimate of drug-likeness (QED) is 0.888. The molecule has 0 radical (unpaired) electrons. The molecule has 1 N–H and O–H groups in total. The number of ether oxygens (including phenoxy) is 2. The van der Waals surface area contributed by atoms with Crippen molar-refractivity contribution in [3.05, 3.63) is 29.3 Å². The van der Waals surface area contributed by atoms with Gasteiger partial charge < -0.3 is 14.8 Å². The number of methoxy groups -OCH3 is 1. The first-order chi connectivity index (χ1) is 7.74. The molecule has 0 bridgehead atoms. The van der Waals surface area contributed by atoms with Gasteiger partial charge in [-0.3, -0.25) is 0 Å². The van der Waals surface area contributed by atoms with Crippen LogP contribution in [0, 0.1) is 11.6 Å². The van der Waals surface area contributed by atoms with Crippen LogP contribution in [0.25, 0.3) is 0 Å². The van der Waals surface area contributed by atoms with Crippen LogP contribution in [0.3, 0.4) is 0 Å². The minimum Gasteiger partial charge on any atom is -0.494 e. The van der Waals surface area contributed by atoms with Crippen molar-refractivity contribution in [3.63, 3.8) is 0 Å². The van der Waals surface area contributed by atoms with Crippen LogP contribution in [0.15, 0.2) is 12.1 Å². The Labute approximate surface area is 105 Å². The first-order valence-electron chi connectivity index (χ1n) is 5.07. The summed E-state index contributed by atoms with van der Waals surface area (Å²) in [5.74, 6) is -1.20. The highest BCUT2D eigenvalue weighted by molar-refractivity contribution is 5.85. The van der Waals surface area contributed by atoms with E-state index in [0.29, 0.717) is 13.2 Å². The molecule has 0 aliphatic carbocycles. The topological polar surface area (TPSA) is 30.5 Å². The summed E-state index contributed by atoms with van der Waals surface area (Å²) in [7, 11) is 1.35. The zero-order valence-electron chi connectivity index (χ0n) is 9.33. The second-order valence-corrected chi connectivity index (χ2v) is 3.56. The molecule has 1 fully saturated rings. The second kappa shape index (κ2) is 6.14. The van der Waals surface area contributed by atoms with Gasteiger partial charge >= 0.3 is 0 Å². The van der Waals surface area contributed by atoms with Gasteiger partial charge in [-0.2, -0.15) is 0 Å². The predicted molar refractivity (Wildman–Crippen MR) is 61.7 cm³/mol. The molecule has 1 aliphatic heterocycles. The minimum absolute atomic E-state index is 0. The largest absolute Gasteiger partial charge is 0.494 e. The Morgan fingerprint density at radius 2 is 2.18 bits per heavy atom. The third-order valence-corrected chi connectivity index (χ3v) is 2.58. The van der Waals surface area contributed by atoms with Crippen molar-refractivity contribution < 1.29 is 18.3 Å². The smallest absolute Gasteiger partial charge is 0.172 e. The lowest BCUT2D eigenvalue weighted by Crippen LogP contribution is -2.35. The van der Waals surface area contributed by atoms with Crippen molar-refractivity contribution in [1.82, 2.24) is 5.32 Å². The van der Waals surface area contributed by atoms with E-state index in [4.69, 9.17) is 9.47 Å². The van der Waals surface area contributed by atoms with Crippen LogP contribution in [0.5, 0.6) is 5.75 Å². The molecule has 2 rings (SSSR count). The lowest BCUT2D eigenvalue weighted by atomic mass is 10.0. The van der Waals surface area contributed by atoms with Crippen molar-refractivity contribution >= 4 is 12.4 Å². The molecule has 96 valence electrons. The van der Waals surface area contributed by atoms with Gasteiger partial charge in [0.1, 0.15) is 5.82 Å². The van der Waals surface area contributed by atoms with Gasteiger partial charge in [0.15, 0.2) is 11.6 Å². The fourth-order valence-electron chi connectivity index (χ4n) is 1.78. The molecule has 0 amide bonds. The van der Waals surface area contributed by atoms with E-state index in [0.717, 1.165) is 0 Å². The highest BCUT2D eigenvalue weighted by Crippen LogP contribution is 2.28. The maximum Gasteiger partial charge on any atom is 0.172 e. The highest BCUT2D eigenvalue weighted by atomic mass is 35.5. The summed E-state index contributed by atoms with van der Waals surface area (Å²) in [6.07, 6.45) is 0. The first-order valence-corrected chi connectivity index (χ1v) is 5.07. The lowest BCUT2D eigenvalue weighted by Gasteiger charge is -2.25. The molecule has 1 saturated heterocycles. The Morgan fingerprint density at radius 1 is 1.41 bits per heavy atom. The molecule has 0 aromatic heterocycles. The van der Waals surface area contributed by atoms with E-state index in [-0.39, 0.29) is 30.3 Å². The Hall–Kier alpha value is -0.910. The monoisotopic (exact) mass is 265 g/mol. The molecule has 1 aromatic carbocycles. The van der Waals surface area contributed by atoms with Crippen LogP contribution < -0.4 is 10.1 Å². The molecule has 1 atom stereocenters. The number of benzene rings is 1. The summed E-state index contributed by atoms with van der Waals surface area (Å²) in [5, 5.41) is 3.01. The van der Waals surface area contributed by atoms with Gasteiger partial charge in [0.2, 0.25) is 0 Å². The van der Waals surface area contributed by atoms with E-state index in [1.54, 1.807) is 0 Å². The second-order valence-electron chi connectivity index (χ2n) is 3.56. The molecule has 1 heterocycles. The van der Waals surface area contributed by atoms with Gasteiger partial charge in [-0.15, -0.1) is 12.4 Å². The molecule has 6 heteroatoms. The Morgan fingerprint density at radius 3 is 2.76 bits per heavy atom. The van der Waals surface area contributed by atoms with Crippen LogP contribution in [0.1, 0.15) is 11.6 Å². The maximum atomic E-state index is 13.9. The number of halogens is 3. The Kier molecular flexibility index (Phi) is 5.11. The molecular weight excluding hydrogens is 252 g/mol. The third-order valence-electron chi connectivity index (χ3n) is 2.58. The van der Waals surface area contributed by atoms with Gasteiger partial charge in [-0.05, 0) is 12.1 Å². The Balaban J connectivity index is 0.00000144. The summed E-state index contributed by atoms with van der Waals surface area (Å²) >= 11 is 0. The van der Waals surface area contributed by atoms with Crippen molar-refractivity contribution in [2.45, 2.75) is 6.04 Å². The number of nitrogens with one attached hydrogen (secondary N) is 1. The average Bonchev–Trinajstić information content (AvgIpc) is 2.31. The van der Waals surface area contributed by atoms with Crippen molar-refractivity contribution in [1.29, 1.82) is 0 Å². The number of morpholine rings is 1. The van der Waals surface area contributed by atoms with E-state index in [2.05, 4.69) is 5.32 Å². The van der Waals surface area contributed by atoms with Gasteiger partial charge in [-0.25, -0.2) is 8.78 Å². The van der Waals surface area contributed by atoms with Crippen molar-refractivity contribution in [3.8, 4) is 5.75 Å². The first kappa shape index (κ1) is 14.2. The highest BCUT2D eigenvalue weighted by Gasteiger charge is 2.24. The van der Waals surface area contributed by atoms with E-state index >= 15 is 0 Å². The standard InChI is InChI=1S/C11H13F2NO2.ClH/c1-15-9-3-2-7(12)10(11(9)13)8-6-16-5-4-14-8;/h2-3,8,14H,4-6H2,1H3;1H/t8-;/m0./s1. The van der Waals surface area contributed by atoms with Crippen molar-refractivity contribution in [2.24, 2.45) is 0 Å². The molecule has 1 aliphatic rings. The van der Waals surface area contributed by atoms with Crippen molar-refractivity contribution in [2.75, 3.05) is 26.9 Å². The summed E-state index contributed by atoms with van der Waals surface area (Å²) in [6.45, 7) is 1.41. The zero-order chi connectivity index (χ0) is 11.5. The van der Waals surface area contributed by atoms with E-state index < -0.39 is 17.7 Å². The zero-order valence-corrected chi connectivity index (χ0v) is 10.2. The van der Waals surface area contributed by atoms with Crippen LogP contribution in [-0.2, 0) is 4.74 Å². The van der Waals surface area contributed by atoms with Crippen LogP contribution in [-0.4, -0.2) is 26.9 Å². The Bertz CT molecular complexity index is 384. The van der Waals surface area contributed by atoms with Crippen LogP contribution in [0.4, 0.5) is 8.78 Å². The van der Waals surface area contributed by atoms with Crippen LogP contribution >= 0.6 is 12.4 Å². The maximum absolute atomic E-state index is 13.9. The van der Waals surface area contributed by atoms with Gasteiger partial charge in [0.05, 0.1) is 26.4 Å². The molecule has 0 saturated carbocycles. The number of hydrogen-bond acceptors (Lipinski definition) is 3. The molecule has 0 unspecified atom stereocenters. The lowest BCUT2D eigenvalue weighted by molar-refractivity contribution is 0.0743. The fourth-order valence-corrected chi connectivity index (χ4v) is 1.78. The normalized spacial score (nSPS) is 19.6. The summed E-state index contributed by atoms with van der Waals surface area (Å²) in [6, 6.07) is 2.02. The predicted octanol–water partition coefficient (Wildman–Crippen LogP) is 2.06. The molecule has 17 heavy (non-hydrogen) atoms. The number of hydrogen-bond donors (Lipinski definition) is 1. The van der Waals surface area contributed by atoms with Gasteiger partial charge in [-0.1, -0.05) is 0 Å². The third kappa shape index (κ3) is 2.86. The fraction of sp³-hybridized carbons (Fsp3) is 0.455. The van der Waals surface area contributed by atoms with Gasteiger partial charge in [0.25, 0.3) is 0 Å². The molecular formula is C11H14ClF2NO2. The summed E-state index contributed by atoms with van der Waals surface area (Å²) in [5.41, 5.74) is -0.0148. The SMILES string of the molecule is COc1ccc(F)c([C@@H]2COCCN2)c1F.Cl. The molecule has 1 aromatic rings. The number of rotatable bonds is 2.